The Kier molecular flexibility index (Phi) is 4.82. The van der Waals surface area contributed by atoms with E-state index >= 15 is 0 Å². The van der Waals surface area contributed by atoms with E-state index in [4.69, 9.17) is 16.0 Å². The van der Waals surface area contributed by atoms with Gasteiger partial charge in [-0.2, -0.15) is 0 Å². The molecule has 0 spiro atoms. The summed E-state index contributed by atoms with van der Waals surface area (Å²) in [4.78, 5) is 0. The van der Waals surface area contributed by atoms with E-state index in [0.29, 0.717) is 23.0 Å². The Bertz CT molecular complexity index is 1320. The van der Waals surface area contributed by atoms with Gasteiger partial charge in [0.25, 0.3) is 0 Å². The third-order valence-corrected chi connectivity index (χ3v) is 5.90. The second-order valence-corrected chi connectivity index (χ2v) is 9.02. The largest absolute Gasteiger partial charge is 0.611 e. The van der Waals surface area contributed by atoms with Crippen molar-refractivity contribution in [2.45, 2.75) is 12.0 Å². The number of rotatable bonds is 4. The van der Waals surface area contributed by atoms with Gasteiger partial charge in [0.2, 0.25) is 10.0 Å². The number of fused-ring (bicyclic) bond motifs is 2. The van der Waals surface area contributed by atoms with E-state index < -0.39 is 15.6 Å². The Balaban J connectivity index is 0.00000205. The molecule has 1 N–H and O–H groups in total. The minimum atomic E-state index is -3.40. The van der Waals surface area contributed by atoms with Gasteiger partial charge in [-0.25, -0.2) is 18.6 Å². The first-order valence-corrected chi connectivity index (χ1v) is 10.7. The van der Waals surface area contributed by atoms with Crippen LogP contribution in [0.15, 0.2) is 53.1 Å². The minimum Gasteiger partial charge on any atom is -0.611 e. The monoisotopic (exact) mass is 600 g/mol. The number of halogens is 1. The summed E-state index contributed by atoms with van der Waals surface area (Å²) in [5.41, 5.74) is 2.76. The molecule has 2 aromatic carbocycles. The predicted molar refractivity (Wildman–Crippen MR) is 105 cm³/mol. The zero-order chi connectivity index (χ0) is 19.5. The van der Waals surface area contributed by atoms with E-state index in [2.05, 4.69) is 21.3 Å². The van der Waals surface area contributed by atoms with Gasteiger partial charge < -0.3 is 8.98 Å². The molecule has 1 atom stereocenters. The molecule has 29 heavy (non-hydrogen) atoms. The molecule has 0 bridgehead atoms. The van der Waals surface area contributed by atoms with Gasteiger partial charge in [0.05, 0.1) is 29.8 Å². The Morgan fingerprint density at radius 2 is 2.10 bits per heavy atom. The number of hydrogen-bond acceptors (Lipinski definition) is 5. The van der Waals surface area contributed by atoms with Crippen LogP contribution in [0.2, 0.25) is 5.02 Å². The van der Waals surface area contributed by atoms with Crippen molar-refractivity contribution in [2.24, 2.45) is 0 Å². The third-order valence-electron chi connectivity index (χ3n) is 5.08. The summed E-state index contributed by atoms with van der Waals surface area (Å²) in [6, 6.07) is 13.1. The van der Waals surface area contributed by atoms with Crippen molar-refractivity contribution in [1.82, 2.24) is 14.8 Å². The molecule has 0 aliphatic heterocycles. The maximum atomic E-state index is 11.7. The molecule has 0 saturated heterocycles. The molecule has 5 rings (SSSR count). The zero-order valence-electron chi connectivity index (χ0n) is 15.1. The molecular formula is C19H14ClN4O3ReS-. The molecular weight excluding hydrogens is 586 g/mol. The number of hydrogen-bond donors (Lipinski definition) is 1. The van der Waals surface area contributed by atoms with E-state index in [0.717, 1.165) is 28.3 Å². The van der Waals surface area contributed by atoms with Crippen LogP contribution in [0.1, 0.15) is 17.0 Å². The standard InChI is InChI=1S/C19H14ClN4O3S.Re/c1-28(25,26)23-16-3-2-4-17-14(16)7-8-24(17)19(18-22-21-11-27-18)10-12-9-13(20)5-6-15(12)19;/h2-9,23H,10H2,1H3;/q-1;. The fourth-order valence-electron chi connectivity index (χ4n) is 3.99. The first-order valence-electron chi connectivity index (χ1n) is 8.46. The molecule has 0 saturated carbocycles. The number of nitrogens with one attached hydrogen (secondary N) is 1. The predicted octanol–water partition coefficient (Wildman–Crippen LogP) is 3.19. The van der Waals surface area contributed by atoms with E-state index in [1.54, 1.807) is 12.1 Å². The smallest absolute Gasteiger partial charge is 0.229 e. The van der Waals surface area contributed by atoms with Crippen LogP contribution in [0, 0.1) is 6.39 Å². The van der Waals surface area contributed by atoms with Gasteiger partial charge in [-0.15, -0.1) is 0 Å². The van der Waals surface area contributed by atoms with Crippen LogP contribution in [-0.4, -0.2) is 29.4 Å². The Morgan fingerprint density at radius 1 is 1.28 bits per heavy atom. The Morgan fingerprint density at radius 3 is 2.79 bits per heavy atom. The van der Waals surface area contributed by atoms with Crippen molar-refractivity contribution in [3.05, 3.63) is 77.1 Å². The SMILES string of the molecule is CS(=O)(=O)Nc1cccc2c1ccn2C1(c2nn[c-]o2)Cc2cc(Cl)ccc21.[Re]. The molecule has 0 amide bonds. The number of benzene rings is 2. The van der Waals surface area contributed by atoms with Crippen molar-refractivity contribution >= 4 is 38.2 Å². The summed E-state index contributed by atoms with van der Waals surface area (Å²) in [5, 5.41) is 9.33. The summed E-state index contributed by atoms with van der Waals surface area (Å²) in [6.07, 6.45) is 6.08. The topological polar surface area (TPSA) is 90.0 Å². The van der Waals surface area contributed by atoms with Gasteiger partial charge in [-0.1, -0.05) is 23.7 Å². The maximum Gasteiger partial charge on any atom is 0.229 e. The van der Waals surface area contributed by atoms with Gasteiger partial charge in [-0.05, 0) is 47.9 Å². The maximum absolute atomic E-state index is 11.7. The molecule has 2 heterocycles. The molecule has 2 aromatic heterocycles. The van der Waals surface area contributed by atoms with Gasteiger partial charge in [0, 0.05) is 42.5 Å². The van der Waals surface area contributed by atoms with E-state index in [9.17, 15) is 8.42 Å². The average Bonchev–Trinajstić information content (AvgIpc) is 3.27. The number of nitrogens with zero attached hydrogens (tertiary/aromatic N) is 3. The van der Waals surface area contributed by atoms with E-state index in [1.165, 1.54) is 0 Å². The Labute approximate surface area is 185 Å². The van der Waals surface area contributed by atoms with Crippen molar-refractivity contribution < 1.29 is 33.3 Å². The van der Waals surface area contributed by atoms with Crippen LogP contribution in [0.25, 0.3) is 10.9 Å². The molecule has 0 fully saturated rings. The molecule has 10 heteroatoms. The van der Waals surface area contributed by atoms with Gasteiger partial charge >= 0.3 is 0 Å². The van der Waals surface area contributed by atoms with Crippen molar-refractivity contribution in [1.29, 1.82) is 0 Å². The Hall–Kier alpha value is -2.18. The van der Waals surface area contributed by atoms with Crippen LogP contribution in [0.3, 0.4) is 0 Å². The summed E-state index contributed by atoms with van der Waals surface area (Å²) in [5.74, 6) is 0.418. The summed E-state index contributed by atoms with van der Waals surface area (Å²) >= 11 is 6.14. The second kappa shape index (κ2) is 6.96. The second-order valence-electron chi connectivity index (χ2n) is 6.84. The van der Waals surface area contributed by atoms with E-state index in [-0.39, 0.29) is 20.4 Å². The first kappa shape index (κ1) is 20.1. The van der Waals surface area contributed by atoms with Gasteiger partial charge in [0.15, 0.2) is 0 Å². The van der Waals surface area contributed by atoms with Crippen LogP contribution < -0.4 is 4.72 Å². The summed E-state index contributed by atoms with van der Waals surface area (Å²) in [6.45, 7) is 0. The van der Waals surface area contributed by atoms with Crippen molar-refractivity contribution in [3.63, 3.8) is 0 Å². The van der Waals surface area contributed by atoms with Crippen LogP contribution in [-0.2, 0) is 42.4 Å². The number of aromatic nitrogens is 3. The zero-order valence-corrected chi connectivity index (χ0v) is 19.3. The fraction of sp³-hybridized carbons (Fsp3) is 0.158. The van der Waals surface area contributed by atoms with Crippen molar-refractivity contribution in [3.8, 4) is 0 Å². The molecule has 1 unspecified atom stereocenters. The van der Waals surface area contributed by atoms with Gasteiger partial charge in [-0.3, -0.25) is 4.72 Å². The van der Waals surface area contributed by atoms with Crippen LogP contribution in [0.5, 0.6) is 0 Å². The molecule has 149 valence electrons. The molecule has 1 radical (unpaired) electrons. The molecule has 1 aliphatic rings. The van der Waals surface area contributed by atoms with Crippen LogP contribution >= 0.6 is 11.6 Å². The molecule has 4 aromatic rings. The minimum absolute atomic E-state index is 0. The van der Waals surface area contributed by atoms with Crippen molar-refractivity contribution in [2.75, 3.05) is 11.0 Å². The normalized spacial score (nSPS) is 18.0. The quantitative estimate of drug-likeness (QED) is 0.364. The number of anilines is 1. The summed E-state index contributed by atoms with van der Waals surface area (Å²) < 4.78 is 33.6. The first-order chi connectivity index (χ1) is 13.4. The van der Waals surface area contributed by atoms with E-state index in [1.807, 2.05) is 41.1 Å². The number of sulfonamides is 1. The molecule has 7 nitrogen and oxygen atoms in total. The van der Waals surface area contributed by atoms with Crippen LogP contribution in [0.4, 0.5) is 5.69 Å². The summed E-state index contributed by atoms with van der Waals surface area (Å²) in [7, 11) is -3.40. The average molecular weight is 600 g/mol. The third kappa shape index (κ3) is 3.09. The fourth-order valence-corrected chi connectivity index (χ4v) is 4.76. The molecule has 1 aliphatic carbocycles. The van der Waals surface area contributed by atoms with Gasteiger partial charge in [0.1, 0.15) is 0 Å².